The topological polar surface area (TPSA) is 98.7 Å². The highest BCUT2D eigenvalue weighted by molar-refractivity contribution is 5.97. The van der Waals surface area contributed by atoms with E-state index in [1.165, 1.54) is 12.1 Å². The summed E-state index contributed by atoms with van der Waals surface area (Å²) in [5.74, 6) is -0.300. The molecule has 1 aromatic heterocycles. The van der Waals surface area contributed by atoms with Crippen LogP contribution in [0.25, 0.3) is 0 Å². The number of halogens is 1. The SMILES string of the molecule is C[C@@H]1CN(CC(=O)N2CC(C)(C)c3ncc(Cc4ccc(F)cc4)cc32)[C@@H](CN2CCOC[C@]2(C)CO)CN1C(=O)OC(C)(C)C. The standard InChI is InChI=1S/C35H50FN5O5/c1-24-17-38(28(19-40(24)32(44)46-33(2,3)4)18-39-12-13-45-23-35(39,7)22-42)20-30(43)41-21-34(5,6)31-29(41)15-26(16-37-31)14-25-8-10-27(36)11-9-25/h8-11,15-16,24,28,42H,12-14,17-23H2,1-7H3/t24-,28+,35+/m1/s1. The molecule has 1 N–H and O–H groups in total. The number of morpholine rings is 1. The summed E-state index contributed by atoms with van der Waals surface area (Å²) in [7, 11) is 0. The van der Waals surface area contributed by atoms with Gasteiger partial charge in [0.05, 0.1) is 43.3 Å². The van der Waals surface area contributed by atoms with Gasteiger partial charge in [-0.05, 0) is 70.4 Å². The van der Waals surface area contributed by atoms with Crippen LogP contribution in [0.4, 0.5) is 14.9 Å². The van der Waals surface area contributed by atoms with Gasteiger partial charge in [-0.3, -0.25) is 19.6 Å². The summed E-state index contributed by atoms with van der Waals surface area (Å²) >= 11 is 0. The fourth-order valence-corrected chi connectivity index (χ4v) is 6.78. The van der Waals surface area contributed by atoms with Crippen LogP contribution < -0.4 is 4.90 Å². The summed E-state index contributed by atoms with van der Waals surface area (Å²) in [4.78, 5) is 40.4. The number of amides is 2. The number of piperazine rings is 1. The molecule has 1 aromatic carbocycles. The number of fused-ring (bicyclic) bond motifs is 1. The molecule has 0 bridgehead atoms. The Morgan fingerprint density at radius 2 is 1.85 bits per heavy atom. The predicted octanol–water partition coefficient (Wildman–Crippen LogP) is 3.83. The number of carbonyl (C=O) groups is 2. The lowest BCUT2D eigenvalue weighted by Crippen LogP contribution is -2.66. The molecule has 2 saturated heterocycles. The van der Waals surface area contributed by atoms with Crippen molar-refractivity contribution in [3.05, 3.63) is 59.2 Å². The lowest BCUT2D eigenvalue weighted by Gasteiger charge is -2.50. The molecule has 252 valence electrons. The molecule has 11 heteroatoms. The largest absolute Gasteiger partial charge is 0.444 e. The lowest BCUT2D eigenvalue weighted by molar-refractivity contribution is -0.123. The van der Waals surface area contributed by atoms with Gasteiger partial charge in [-0.2, -0.15) is 0 Å². The maximum absolute atomic E-state index is 14.2. The summed E-state index contributed by atoms with van der Waals surface area (Å²) < 4.78 is 25.0. The van der Waals surface area contributed by atoms with Crippen molar-refractivity contribution in [2.24, 2.45) is 0 Å². The Kier molecular flexibility index (Phi) is 9.80. The molecule has 2 amide bonds. The van der Waals surface area contributed by atoms with Crippen LogP contribution in [0.5, 0.6) is 0 Å². The smallest absolute Gasteiger partial charge is 0.410 e. The van der Waals surface area contributed by atoms with Crippen molar-refractivity contribution in [1.82, 2.24) is 19.7 Å². The number of hydrogen-bond acceptors (Lipinski definition) is 8. The van der Waals surface area contributed by atoms with Gasteiger partial charge in [0.1, 0.15) is 11.4 Å². The normalized spacial score (nSPS) is 25.4. The molecule has 3 atom stereocenters. The van der Waals surface area contributed by atoms with E-state index in [2.05, 4.69) is 23.6 Å². The van der Waals surface area contributed by atoms with Gasteiger partial charge in [-0.25, -0.2) is 9.18 Å². The van der Waals surface area contributed by atoms with Crippen molar-refractivity contribution in [3.8, 4) is 0 Å². The Bertz CT molecular complexity index is 1410. The van der Waals surface area contributed by atoms with E-state index in [4.69, 9.17) is 14.5 Å². The van der Waals surface area contributed by atoms with Crippen LogP contribution >= 0.6 is 0 Å². The quantitative estimate of drug-likeness (QED) is 0.489. The van der Waals surface area contributed by atoms with E-state index in [-0.39, 0.29) is 48.5 Å². The number of rotatable bonds is 7. The van der Waals surface area contributed by atoms with E-state index in [1.807, 2.05) is 51.8 Å². The first-order valence-electron chi connectivity index (χ1n) is 16.3. The summed E-state index contributed by atoms with van der Waals surface area (Å²) in [6.07, 6.45) is 2.07. The molecule has 0 spiro atoms. The van der Waals surface area contributed by atoms with E-state index in [0.29, 0.717) is 52.4 Å². The minimum atomic E-state index is -0.626. The summed E-state index contributed by atoms with van der Waals surface area (Å²) in [6, 6.07) is 8.14. The van der Waals surface area contributed by atoms with Crippen LogP contribution in [-0.4, -0.2) is 119 Å². The van der Waals surface area contributed by atoms with Gasteiger partial charge < -0.3 is 24.4 Å². The van der Waals surface area contributed by atoms with Gasteiger partial charge in [0, 0.05) is 56.4 Å². The molecule has 2 fully saturated rings. The summed E-state index contributed by atoms with van der Waals surface area (Å²) in [5, 5.41) is 10.3. The van der Waals surface area contributed by atoms with Crippen molar-refractivity contribution in [3.63, 3.8) is 0 Å². The first-order chi connectivity index (χ1) is 21.6. The van der Waals surface area contributed by atoms with Gasteiger partial charge in [0.25, 0.3) is 0 Å². The highest BCUT2D eigenvalue weighted by Crippen LogP contribution is 2.40. The maximum Gasteiger partial charge on any atom is 0.410 e. The molecule has 3 aliphatic heterocycles. The van der Waals surface area contributed by atoms with Crippen molar-refractivity contribution >= 4 is 17.7 Å². The Morgan fingerprint density at radius 1 is 1.13 bits per heavy atom. The zero-order valence-electron chi connectivity index (χ0n) is 28.4. The molecule has 5 rings (SSSR count). The molecule has 2 aromatic rings. The minimum Gasteiger partial charge on any atom is -0.444 e. The average molecular weight is 640 g/mol. The number of aromatic nitrogens is 1. The van der Waals surface area contributed by atoms with Crippen LogP contribution in [0, 0.1) is 5.82 Å². The van der Waals surface area contributed by atoms with Crippen molar-refractivity contribution in [2.45, 2.75) is 83.5 Å². The second-order valence-electron chi connectivity index (χ2n) is 15.1. The fraction of sp³-hybridized carbons (Fsp3) is 0.629. The number of anilines is 1. The molecular weight excluding hydrogens is 589 g/mol. The first-order valence-corrected chi connectivity index (χ1v) is 16.3. The molecule has 0 aliphatic carbocycles. The number of hydrogen-bond donors (Lipinski definition) is 1. The zero-order chi connectivity index (χ0) is 33.4. The molecule has 46 heavy (non-hydrogen) atoms. The third-order valence-electron chi connectivity index (χ3n) is 9.41. The third-order valence-corrected chi connectivity index (χ3v) is 9.41. The van der Waals surface area contributed by atoms with E-state index in [9.17, 15) is 19.1 Å². The molecule has 10 nitrogen and oxygen atoms in total. The predicted molar refractivity (Wildman–Crippen MR) is 174 cm³/mol. The average Bonchev–Trinajstić information content (AvgIpc) is 3.25. The molecular formula is C35H50FN5O5. The van der Waals surface area contributed by atoms with Crippen molar-refractivity contribution < 1.29 is 28.6 Å². The number of carbonyl (C=O) groups excluding carboxylic acids is 2. The molecule has 0 unspecified atom stereocenters. The van der Waals surface area contributed by atoms with Gasteiger partial charge in [-0.15, -0.1) is 0 Å². The number of nitrogens with zero attached hydrogens (tertiary/aromatic N) is 5. The number of aliphatic hydroxyl groups is 1. The van der Waals surface area contributed by atoms with Gasteiger partial charge in [0.15, 0.2) is 0 Å². The highest BCUT2D eigenvalue weighted by Gasteiger charge is 2.44. The van der Waals surface area contributed by atoms with Crippen LogP contribution in [0.1, 0.15) is 65.3 Å². The van der Waals surface area contributed by atoms with Crippen molar-refractivity contribution in [1.29, 1.82) is 0 Å². The first kappa shape index (κ1) is 34.2. The van der Waals surface area contributed by atoms with E-state index in [1.54, 1.807) is 17.0 Å². The molecule has 4 heterocycles. The van der Waals surface area contributed by atoms with Crippen LogP contribution in [0.15, 0.2) is 36.5 Å². The number of ether oxygens (including phenoxy) is 2. The summed E-state index contributed by atoms with van der Waals surface area (Å²) in [5.41, 5.74) is 2.11. The number of benzene rings is 1. The van der Waals surface area contributed by atoms with Gasteiger partial charge in [-0.1, -0.05) is 26.0 Å². The van der Waals surface area contributed by atoms with Gasteiger partial charge >= 0.3 is 6.09 Å². The highest BCUT2D eigenvalue weighted by atomic mass is 19.1. The number of aliphatic hydroxyl groups excluding tert-OH is 1. The summed E-state index contributed by atoms with van der Waals surface area (Å²) in [6.45, 7) is 17.5. The van der Waals surface area contributed by atoms with E-state index >= 15 is 0 Å². The second-order valence-corrected chi connectivity index (χ2v) is 15.1. The molecule has 0 radical (unpaired) electrons. The monoisotopic (exact) mass is 639 g/mol. The van der Waals surface area contributed by atoms with E-state index < -0.39 is 11.1 Å². The Balaban J connectivity index is 1.38. The van der Waals surface area contributed by atoms with Crippen LogP contribution in [-0.2, 0) is 26.1 Å². The van der Waals surface area contributed by atoms with Crippen molar-refractivity contribution in [2.75, 3.05) is 64.0 Å². The number of pyridine rings is 1. The Morgan fingerprint density at radius 3 is 2.52 bits per heavy atom. The maximum atomic E-state index is 14.2. The minimum absolute atomic E-state index is 0.0256. The fourth-order valence-electron chi connectivity index (χ4n) is 6.78. The van der Waals surface area contributed by atoms with Crippen LogP contribution in [0.3, 0.4) is 0 Å². The molecule has 0 saturated carbocycles. The Labute approximate surface area is 272 Å². The third kappa shape index (κ3) is 7.54. The van der Waals surface area contributed by atoms with E-state index in [0.717, 1.165) is 22.5 Å². The lowest BCUT2D eigenvalue weighted by atomic mass is 9.91. The van der Waals surface area contributed by atoms with Crippen LogP contribution in [0.2, 0.25) is 0 Å². The second kappa shape index (κ2) is 13.2. The Hall–Kier alpha value is -3.12. The molecule has 3 aliphatic rings. The zero-order valence-corrected chi connectivity index (χ0v) is 28.4. The van der Waals surface area contributed by atoms with Gasteiger partial charge in [0.2, 0.25) is 5.91 Å².